The van der Waals surface area contributed by atoms with Gasteiger partial charge in [0.2, 0.25) is 0 Å². The molecule has 1 saturated carbocycles. The summed E-state index contributed by atoms with van der Waals surface area (Å²) in [6.07, 6.45) is 5.00. The molecule has 1 atom stereocenters. The van der Waals surface area contributed by atoms with Crippen molar-refractivity contribution in [3.05, 3.63) is 0 Å². The molecule has 0 aromatic heterocycles. The number of hydrogen-bond acceptors (Lipinski definition) is 2. The molecule has 0 amide bonds. The molecule has 1 aliphatic carbocycles. The minimum Gasteiger partial charge on any atom is -0.395 e. The lowest BCUT2D eigenvalue weighted by molar-refractivity contribution is 0.182. The Balaban J connectivity index is 2.27. The first-order chi connectivity index (χ1) is 5.24. The van der Waals surface area contributed by atoms with Crippen LogP contribution in [0.5, 0.6) is 0 Å². The molecular formula is C9H19NO. The Labute approximate surface area is 68.8 Å². The van der Waals surface area contributed by atoms with Crippen molar-refractivity contribution in [2.75, 3.05) is 6.61 Å². The Morgan fingerprint density at radius 3 is 2.36 bits per heavy atom. The van der Waals surface area contributed by atoms with Crippen molar-refractivity contribution in [2.45, 2.75) is 38.6 Å². The second-order valence-electron chi connectivity index (χ2n) is 3.87. The molecule has 1 aliphatic rings. The molecule has 66 valence electrons. The lowest BCUT2D eigenvalue weighted by Gasteiger charge is -2.29. The maximum atomic E-state index is 8.83. The molecule has 2 nitrogen and oxygen atoms in total. The van der Waals surface area contributed by atoms with Crippen LogP contribution in [-0.4, -0.2) is 17.8 Å². The van der Waals surface area contributed by atoms with Crippen LogP contribution in [-0.2, 0) is 0 Å². The normalized spacial score (nSPS) is 35.2. The van der Waals surface area contributed by atoms with E-state index in [9.17, 15) is 0 Å². The molecule has 0 spiro atoms. The molecule has 3 N–H and O–H groups in total. The van der Waals surface area contributed by atoms with E-state index in [4.69, 9.17) is 10.8 Å². The number of aliphatic hydroxyl groups excluding tert-OH is 1. The van der Waals surface area contributed by atoms with Crippen molar-refractivity contribution < 1.29 is 5.11 Å². The summed E-state index contributed by atoms with van der Waals surface area (Å²) < 4.78 is 0. The van der Waals surface area contributed by atoms with Gasteiger partial charge in [0.15, 0.2) is 0 Å². The summed E-state index contributed by atoms with van der Waals surface area (Å²) in [4.78, 5) is 0. The van der Waals surface area contributed by atoms with Crippen molar-refractivity contribution in [1.82, 2.24) is 0 Å². The molecule has 0 aromatic carbocycles. The Bertz CT molecular complexity index is 108. The van der Waals surface area contributed by atoms with Gasteiger partial charge < -0.3 is 10.8 Å². The van der Waals surface area contributed by atoms with Crippen molar-refractivity contribution in [3.63, 3.8) is 0 Å². The Hall–Kier alpha value is -0.0800. The van der Waals surface area contributed by atoms with Gasteiger partial charge in [0, 0.05) is 6.04 Å². The summed E-state index contributed by atoms with van der Waals surface area (Å²) in [5, 5.41) is 8.83. The van der Waals surface area contributed by atoms with Crippen LogP contribution in [0.1, 0.15) is 32.6 Å². The molecular weight excluding hydrogens is 138 g/mol. The summed E-state index contributed by atoms with van der Waals surface area (Å²) in [6, 6.07) is 0.0301. The summed E-state index contributed by atoms with van der Waals surface area (Å²) in [7, 11) is 0. The number of aliphatic hydroxyl groups is 1. The van der Waals surface area contributed by atoms with Crippen LogP contribution in [0.2, 0.25) is 0 Å². The minimum atomic E-state index is 0.0301. The van der Waals surface area contributed by atoms with Crippen molar-refractivity contribution >= 4 is 0 Å². The molecule has 0 aliphatic heterocycles. The highest BCUT2D eigenvalue weighted by Gasteiger charge is 2.22. The topological polar surface area (TPSA) is 46.2 Å². The average Bonchev–Trinajstić information content (AvgIpc) is 2.05. The molecule has 0 bridgehead atoms. The summed E-state index contributed by atoms with van der Waals surface area (Å²) in [5.74, 6) is 1.45. The molecule has 1 fully saturated rings. The van der Waals surface area contributed by atoms with Gasteiger partial charge in [-0.2, -0.15) is 0 Å². The molecule has 0 heterocycles. The third kappa shape index (κ3) is 2.46. The first kappa shape index (κ1) is 9.01. The Morgan fingerprint density at radius 1 is 1.36 bits per heavy atom. The first-order valence-corrected chi connectivity index (χ1v) is 4.60. The van der Waals surface area contributed by atoms with E-state index in [-0.39, 0.29) is 12.6 Å². The van der Waals surface area contributed by atoms with E-state index in [0.29, 0.717) is 5.92 Å². The highest BCUT2D eigenvalue weighted by molar-refractivity contribution is 4.77. The molecule has 1 rings (SSSR count). The van der Waals surface area contributed by atoms with Crippen molar-refractivity contribution in [2.24, 2.45) is 17.6 Å². The fraction of sp³-hybridized carbons (Fsp3) is 1.00. The largest absolute Gasteiger partial charge is 0.395 e. The Kier molecular flexibility index (Phi) is 3.34. The predicted molar refractivity (Wildman–Crippen MR) is 46.2 cm³/mol. The highest BCUT2D eigenvalue weighted by Crippen LogP contribution is 2.29. The summed E-state index contributed by atoms with van der Waals surface area (Å²) in [5.41, 5.74) is 5.74. The lowest BCUT2D eigenvalue weighted by atomic mass is 9.80. The van der Waals surface area contributed by atoms with Crippen LogP contribution in [0.25, 0.3) is 0 Å². The van der Waals surface area contributed by atoms with Crippen LogP contribution < -0.4 is 5.73 Å². The zero-order valence-electron chi connectivity index (χ0n) is 7.29. The maximum Gasteiger partial charge on any atom is 0.0585 e. The number of rotatable bonds is 2. The van der Waals surface area contributed by atoms with Gasteiger partial charge in [-0.25, -0.2) is 0 Å². The van der Waals surface area contributed by atoms with Gasteiger partial charge in [-0.05, 0) is 24.7 Å². The quantitative estimate of drug-likeness (QED) is 0.631. The van der Waals surface area contributed by atoms with Crippen LogP contribution >= 0.6 is 0 Å². The maximum absolute atomic E-state index is 8.83. The van der Waals surface area contributed by atoms with E-state index in [2.05, 4.69) is 6.92 Å². The van der Waals surface area contributed by atoms with Gasteiger partial charge in [0.05, 0.1) is 6.61 Å². The van der Waals surface area contributed by atoms with Crippen LogP contribution in [0.3, 0.4) is 0 Å². The first-order valence-electron chi connectivity index (χ1n) is 4.60. The van der Waals surface area contributed by atoms with Gasteiger partial charge in [-0.1, -0.05) is 19.8 Å². The smallest absolute Gasteiger partial charge is 0.0585 e. The lowest BCUT2D eigenvalue weighted by Crippen LogP contribution is -2.35. The van der Waals surface area contributed by atoms with E-state index < -0.39 is 0 Å². The summed E-state index contributed by atoms with van der Waals surface area (Å²) in [6.45, 7) is 2.44. The van der Waals surface area contributed by atoms with Crippen LogP contribution in [0.15, 0.2) is 0 Å². The van der Waals surface area contributed by atoms with E-state index in [1.165, 1.54) is 25.7 Å². The standard InChI is InChI=1S/C9H19NO/c1-7-2-4-8(5-3-7)9(10)6-11/h7-9,11H,2-6,10H2,1H3/t7?,8?,9-/m1/s1. The zero-order chi connectivity index (χ0) is 8.27. The molecule has 11 heavy (non-hydrogen) atoms. The van der Waals surface area contributed by atoms with Gasteiger partial charge in [-0.3, -0.25) is 0 Å². The minimum absolute atomic E-state index is 0.0301. The molecule has 0 unspecified atom stereocenters. The zero-order valence-corrected chi connectivity index (χ0v) is 7.29. The summed E-state index contributed by atoms with van der Waals surface area (Å²) >= 11 is 0. The second kappa shape index (κ2) is 4.07. The van der Waals surface area contributed by atoms with Gasteiger partial charge in [0.25, 0.3) is 0 Å². The fourth-order valence-corrected chi connectivity index (χ4v) is 1.86. The van der Waals surface area contributed by atoms with Crippen LogP contribution in [0, 0.1) is 11.8 Å². The molecule has 0 aromatic rings. The number of hydrogen-bond donors (Lipinski definition) is 2. The number of nitrogens with two attached hydrogens (primary N) is 1. The van der Waals surface area contributed by atoms with Crippen molar-refractivity contribution in [1.29, 1.82) is 0 Å². The van der Waals surface area contributed by atoms with Crippen LogP contribution in [0.4, 0.5) is 0 Å². The average molecular weight is 157 g/mol. The molecule has 2 heteroatoms. The van der Waals surface area contributed by atoms with E-state index >= 15 is 0 Å². The third-order valence-electron chi connectivity index (χ3n) is 2.88. The third-order valence-corrected chi connectivity index (χ3v) is 2.88. The SMILES string of the molecule is CC1CCC([C@H](N)CO)CC1. The predicted octanol–water partition coefficient (Wildman–Crippen LogP) is 1.13. The highest BCUT2D eigenvalue weighted by atomic mass is 16.3. The monoisotopic (exact) mass is 157 g/mol. The van der Waals surface area contributed by atoms with E-state index in [1.54, 1.807) is 0 Å². The van der Waals surface area contributed by atoms with E-state index in [0.717, 1.165) is 5.92 Å². The molecule has 0 saturated heterocycles. The Morgan fingerprint density at radius 2 is 1.91 bits per heavy atom. The van der Waals surface area contributed by atoms with Gasteiger partial charge in [0.1, 0.15) is 0 Å². The van der Waals surface area contributed by atoms with Gasteiger partial charge in [-0.15, -0.1) is 0 Å². The van der Waals surface area contributed by atoms with Gasteiger partial charge >= 0.3 is 0 Å². The van der Waals surface area contributed by atoms with E-state index in [1.807, 2.05) is 0 Å². The second-order valence-corrected chi connectivity index (χ2v) is 3.87. The molecule has 0 radical (unpaired) electrons. The van der Waals surface area contributed by atoms with Crippen molar-refractivity contribution in [3.8, 4) is 0 Å². The fourth-order valence-electron chi connectivity index (χ4n) is 1.86.